The van der Waals surface area contributed by atoms with Crippen molar-refractivity contribution >= 4 is 27.8 Å². The molecule has 4 aromatic heterocycles. The molecule has 9 nitrogen and oxygen atoms in total. The molecule has 9 aromatic carbocycles. The third-order valence-electron chi connectivity index (χ3n) is 12.7. The smallest absolute Gasteiger partial charge is 0.220 e. The molecule has 0 aliphatic carbocycles. The van der Waals surface area contributed by atoms with Crippen LogP contribution in [0.25, 0.3) is 124 Å². The maximum absolute atomic E-state index is 5.27. The summed E-state index contributed by atoms with van der Waals surface area (Å²) in [7, 11) is 0. The number of fused-ring (bicyclic) bond motifs is 5. The summed E-state index contributed by atoms with van der Waals surface area (Å²) in [5.74, 6) is 4.61. The van der Waals surface area contributed by atoms with E-state index in [1.54, 1.807) is 0 Å². The van der Waals surface area contributed by atoms with Gasteiger partial charge in [-0.1, -0.05) is 200 Å². The van der Waals surface area contributed by atoms with Crippen molar-refractivity contribution in [3.63, 3.8) is 0 Å². The Hall–Kier alpha value is -9.73. The standard InChI is InChI=1S/C61H39N9/c1-6-16-42(17-7-1)55-63-56(43-18-8-2-9-19-43)66-59(65-55)46-30-26-40(27-31-46)48-34-36-51-53(38-48)70-54-39-49(35-37-52(54)69(61(70)62-51)50-24-14-5-15-25-50)41-28-32-47(33-29-41)60-67-57(44-20-10-3-11-21-44)64-58(68-60)45-22-12-4-13-23-45/h1-39H. The first-order valence-electron chi connectivity index (χ1n) is 23.1. The van der Waals surface area contributed by atoms with E-state index >= 15 is 0 Å². The first kappa shape index (κ1) is 40.5. The van der Waals surface area contributed by atoms with E-state index in [-0.39, 0.29) is 0 Å². The molecule has 0 saturated carbocycles. The predicted octanol–water partition coefficient (Wildman–Crippen LogP) is 14.1. The predicted molar refractivity (Wildman–Crippen MR) is 280 cm³/mol. The number of aromatic nitrogens is 9. The number of benzene rings is 9. The van der Waals surface area contributed by atoms with Gasteiger partial charge in [-0.3, -0.25) is 8.97 Å². The normalized spacial score (nSPS) is 11.4. The summed E-state index contributed by atoms with van der Waals surface area (Å²) in [4.78, 5) is 34.9. The number of para-hydroxylation sites is 1. The van der Waals surface area contributed by atoms with E-state index in [1.165, 1.54) is 0 Å². The second kappa shape index (κ2) is 17.2. The summed E-state index contributed by atoms with van der Waals surface area (Å²) in [5, 5.41) is 0. The van der Waals surface area contributed by atoms with Crippen molar-refractivity contribution in [2.75, 3.05) is 0 Å². The zero-order valence-corrected chi connectivity index (χ0v) is 37.5. The van der Waals surface area contributed by atoms with Gasteiger partial charge in [-0.25, -0.2) is 34.9 Å². The third-order valence-corrected chi connectivity index (χ3v) is 12.7. The van der Waals surface area contributed by atoms with E-state index in [1.807, 2.05) is 127 Å². The van der Waals surface area contributed by atoms with E-state index < -0.39 is 0 Å². The van der Waals surface area contributed by atoms with Crippen LogP contribution in [-0.2, 0) is 0 Å². The Labute approximate surface area is 402 Å². The van der Waals surface area contributed by atoms with E-state index in [0.29, 0.717) is 34.9 Å². The van der Waals surface area contributed by atoms with Crippen LogP contribution >= 0.6 is 0 Å². The van der Waals surface area contributed by atoms with Crippen molar-refractivity contribution in [2.45, 2.75) is 0 Å². The van der Waals surface area contributed by atoms with Gasteiger partial charge in [0, 0.05) is 39.1 Å². The topological polar surface area (TPSA) is 99.6 Å². The van der Waals surface area contributed by atoms with Crippen molar-refractivity contribution in [1.82, 2.24) is 43.9 Å². The minimum absolute atomic E-state index is 0.617. The van der Waals surface area contributed by atoms with Crippen LogP contribution in [-0.4, -0.2) is 43.9 Å². The Morgan fingerprint density at radius 1 is 0.229 bits per heavy atom. The summed E-state index contributed by atoms with van der Waals surface area (Å²) in [6.07, 6.45) is 0. The van der Waals surface area contributed by atoms with Crippen LogP contribution in [0.1, 0.15) is 0 Å². The van der Waals surface area contributed by atoms with E-state index in [2.05, 4.69) is 118 Å². The average Bonchev–Trinajstić information content (AvgIpc) is 3.98. The number of hydrogen-bond donors (Lipinski definition) is 0. The molecule has 0 fully saturated rings. The van der Waals surface area contributed by atoms with Crippen LogP contribution < -0.4 is 0 Å². The van der Waals surface area contributed by atoms with E-state index in [9.17, 15) is 0 Å². The third kappa shape index (κ3) is 7.44. The molecule has 0 N–H and O–H groups in total. The van der Waals surface area contributed by atoms with Crippen molar-refractivity contribution in [3.8, 4) is 96.3 Å². The van der Waals surface area contributed by atoms with Crippen LogP contribution in [0.15, 0.2) is 237 Å². The zero-order valence-electron chi connectivity index (χ0n) is 37.5. The lowest BCUT2D eigenvalue weighted by atomic mass is 10.0. The van der Waals surface area contributed by atoms with Gasteiger partial charge in [0.2, 0.25) is 5.78 Å². The molecular weight excluding hydrogens is 859 g/mol. The minimum atomic E-state index is 0.617. The van der Waals surface area contributed by atoms with Gasteiger partial charge >= 0.3 is 0 Å². The summed E-state index contributed by atoms with van der Waals surface area (Å²) < 4.78 is 4.53. The van der Waals surface area contributed by atoms with Gasteiger partial charge in [0.1, 0.15) is 0 Å². The second-order valence-corrected chi connectivity index (χ2v) is 17.1. The number of rotatable bonds is 9. The largest absolute Gasteiger partial charge is 0.278 e. The lowest BCUT2D eigenvalue weighted by molar-refractivity contribution is 1.07. The molecule has 0 bridgehead atoms. The van der Waals surface area contributed by atoms with Crippen LogP contribution in [0.5, 0.6) is 0 Å². The minimum Gasteiger partial charge on any atom is -0.278 e. The van der Waals surface area contributed by atoms with E-state index in [0.717, 1.165) is 89.2 Å². The van der Waals surface area contributed by atoms with Crippen LogP contribution in [0.2, 0.25) is 0 Å². The van der Waals surface area contributed by atoms with Gasteiger partial charge in [0.25, 0.3) is 0 Å². The zero-order chi connectivity index (χ0) is 46.4. The molecule has 0 spiro atoms. The van der Waals surface area contributed by atoms with Crippen molar-refractivity contribution in [1.29, 1.82) is 0 Å². The summed E-state index contributed by atoms with van der Waals surface area (Å²) >= 11 is 0. The maximum Gasteiger partial charge on any atom is 0.220 e. The monoisotopic (exact) mass is 897 g/mol. The molecule has 0 radical (unpaired) electrons. The average molecular weight is 898 g/mol. The highest BCUT2D eigenvalue weighted by molar-refractivity contribution is 5.96. The number of hydrogen-bond acceptors (Lipinski definition) is 7. The lowest BCUT2D eigenvalue weighted by Gasteiger charge is -2.10. The first-order valence-corrected chi connectivity index (χ1v) is 23.1. The Kier molecular flexibility index (Phi) is 9.94. The number of nitrogens with zero attached hydrogens (tertiary/aromatic N) is 9. The molecule has 0 atom stereocenters. The fraction of sp³-hybridized carbons (Fsp3) is 0. The first-order chi connectivity index (χ1) is 34.7. The quantitative estimate of drug-likeness (QED) is 0.142. The molecule has 0 aliphatic heterocycles. The molecular formula is C61H39N9. The van der Waals surface area contributed by atoms with Gasteiger partial charge in [-0.2, -0.15) is 0 Å². The molecule has 70 heavy (non-hydrogen) atoms. The molecule has 328 valence electrons. The summed E-state index contributed by atoms with van der Waals surface area (Å²) in [6.45, 7) is 0. The highest BCUT2D eigenvalue weighted by Crippen LogP contribution is 2.36. The Bertz CT molecular complexity index is 3890. The van der Waals surface area contributed by atoms with Gasteiger partial charge < -0.3 is 0 Å². The summed E-state index contributed by atoms with van der Waals surface area (Å²) in [5.41, 5.74) is 14.9. The van der Waals surface area contributed by atoms with Crippen LogP contribution in [0.3, 0.4) is 0 Å². The Balaban J connectivity index is 0.886. The second-order valence-electron chi connectivity index (χ2n) is 17.1. The fourth-order valence-corrected chi connectivity index (χ4v) is 9.14. The molecule has 4 heterocycles. The molecule has 9 heteroatoms. The highest BCUT2D eigenvalue weighted by atomic mass is 15.2. The molecule has 0 aliphatic rings. The molecule has 13 rings (SSSR count). The van der Waals surface area contributed by atoms with E-state index in [4.69, 9.17) is 34.9 Å². The fourth-order valence-electron chi connectivity index (χ4n) is 9.14. The molecule has 13 aromatic rings. The van der Waals surface area contributed by atoms with Crippen molar-refractivity contribution in [2.24, 2.45) is 0 Å². The van der Waals surface area contributed by atoms with Crippen LogP contribution in [0.4, 0.5) is 0 Å². The molecule has 0 amide bonds. The van der Waals surface area contributed by atoms with Crippen LogP contribution in [0, 0.1) is 0 Å². The molecule has 0 unspecified atom stereocenters. The van der Waals surface area contributed by atoms with Gasteiger partial charge in [-0.05, 0) is 58.7 Å². The maximum atomic E-state index is 5.27. The van der Waals surface area contributed by atoms with Gasteiger partial charge in [-0.15, -0.1) is 0 Å². The van der Waals surface area contributed by atoms with Crippen molar-refractivity contribution < 1.29 is 0 Å². The highest BCUT2D eigenvalue weighted by Gasteiger charge is 2.20. The lowest BCUT2D eigenvalue weighted by Crippen LogP contribution is -2.00. The van der Waals surface area contributed by atoms with Gasteiger partial charge in [0.15, 0.2) is 34.9 Å². The van der Waals surface area contributed by atoms with Gasteiger partial charge in [0.05, 0.1) is 22.1 Å². The number of imidazole rings is 2. The Morgan fingerprint density at radius 2 is 0.543 bits per heavy atom. The van der Waals surface area contributed by atoms with Crippen molar-refractivity contribution in [3.05, 3.63) is 237 Å². The molecule has 0 saturated heterocycles. The summed E-state index contributed by atoms with van der Waals surface area (Å²) in [6, 6.07) is 80.8. The Morgan fingerprint density at radius 3 is 0.943 bits per heavy atom. The SMILES string of the molecule is c1ccc(-c2nc(-c3ccccc3)nc(-c3ccc(-c4ccc5nc6n(-c7ccccc7)c7ccc(-c8ccc(-c9nc(-c%10ccccc%10)nc(-c%10ccccc%10)n9)cc8)cc7n6c5c4)cc3)n2)cc1.